The average molecular weight is 303 g/mol. The molecule has 0 aliphatic carbocycles. The normalized spacial score (nSPS) is 14.6. The Morgan fingerprint density at radius 3 is 2.50 bits per heavy atom. The summed E-state index contributed by atoms with van der Waals surface area (Å²) < 4.78 is 31.1. The van der Waals surface area contributed by atoms with Gasteiger partial charge < -0.3 is 14.9 Å². The molecule has 0 amide bonds. The van der Waals surface area contributed by atoms with Crippen LogP contribution in [0.5, 0.6) is 5.75 Å². The third kappa shape index (κ3) is 3.69. The number of hydrogen-bond acceptors (Lipinski definition) is 5. The zero-order valence-corrected chi connectivity index (χ0v) is 12.2. The van der Waals surface area contributed by atoms with Crippen molar-refractivity contribution in [3.8, 4) is 5.75 Å². The fraction of sp³-hybridized carbons (Fsp3) is 0.417. The quantitative estimate of drug-likeness (QED) is 0.688. The number of benzene rings is 1. The second-order valence-electron chi connectivity index (χ2n) is 4.53. The van der Waals surface area contributed by atoms with E-state index in [0.717, 1.165) is 6.92 Å². The van der Waals surface area contributed by atoms with Gasteiger partial charge in [0.1, 0.15) is 5.75 Å². The van der Waals surface area contributed by atoms with Gasteiger partial charge in [-0.25, -0.2) is 17.9 Å². The molecule has 0 spiro atoms. The lowest BCUT2D eigenvalue weighted by atomic mass is 10.1. The zero-order valence-electron chi connectivity index (χ0n) is 11.4. The highest BCUT2D eigenvalue weighted by Crippen LogP contribution is 2.21. The standard InChI is InChI=1S/C12H17NO6S/c1-8-6-9(4-5-10(8)19-3)20(17,18)13-7-12(2,16)11(14)15/h4-6,13,16H,7H2,1-3H3,(H,14,15). The summed E-state index contributed by atoms with van der Waals surface area (Å²) in [6.07, 6.45) is 0. The number of hydrogen-bond donors (Lipinski definition) is 3. The molecule has 0 fully saturated rings. The van der Waals surface area contributed by atoms with Gasteiger partial charge in [0.15, 0.2) is 5.60 Å². The first kappa shape index (κ1) is 16.4. The summed E-state index contributed by atoms with van der Waals surface area (Å²) >= 11 is 0. The molecule has 0 bridgehead atoms. The van der Waals surface area contributed by atoms with Crippen molar-refractivity contribution in [3.05, 3.63) is 23.8 Å². The summed E-state index contributed by atoms with van der Waals surface area (Å²) in [7, 11) is -2.43. The molecular formula is C12H17NO6S. The molecule has 0 saturated carbocycles. The minimum Gasteiger partial charge on any atom is -0.496 e. The van der Waals surface area contributed by atoms with Gasteiger partial charge in [-0.2, -0.15) is 0 Å². The SMILES string of the molecule is COc1ccc(S(=O)(=O)NCC(C)(O)C(=O)O)cc1C. The van der Waals surface area contributed by atoms with E-state index in [9.17, 15) is 18.3 Å². The molecule has 0 heterocycles. The van der Waals surface area contributed by atoms with E-state index >= 15 is 0 Å². The monoisotopic (exact) mass is 303 g/mol. The molecule has 1 atom stereocenters. The van der Waals surface area contributed by atoms with Gasteiger partial charge >= 0.3 is 5.97 Å². The maximum absolute atomic E-state index is 12.0. The van der Waals surface area contributed by atoms with Crippen LogP contribution in [0, 0.1) is 6.92 Å². The van der Waals surface area contributed by atoms with E-state index in [4.69, 9.17) is 9.84 Å². The number of aliphatic carboxylic acids is 1. The van der Waals surface area contributed by atoms with Crippen molar-refractivity contribution >= 4 is 16.0 Å². The number of rotatable bonds is 6. The highest BCUT2D eigenvalue weighted by atomic mass is 32.2. The van der Waals surface area contributed by atoms with E-state index in [0.29, 0.717) is 11.3 Å². The zero-order chi connectivity index (χ0) is 15.6. The van der Waals surface area contributed by atoms with Crippen LogP contribution in [-0.2, 0) is 14.8 Å². The molecule has 8 heteroatoms. The van der Waals surface area contributed by atoms with Crippen molar-refractivity contribution in [1.29, 1.82) is 0 Å². The Labute approximate surface area is 117 Å². The van der Waals surface area contributed by atoms with Gasteiger partial charge in [0.2, 0.25) is 10.0 Å². The molecule has 0 aliphatic heterocycles. The van der Waals surface area contributed by atoms with E-state index in [2.05, 4.69) is 4.72 Å². The molecule has 7 nitrogen and oxygen atoms in total. The number of nitrogens with one attached hydrogen (secondary N) is 1. The van der Waals surface area contributed by atoms with Crippen molar-refractivity contribution < 1.29 is 28.2 Å². The summed E-state index contributed by atoms with van der Waals surface area (Å²) in [5, 5.41) is 18.2. The summed E-state index contributed by atoms with van der Waals surface area (Å²) in [5.74, 6) is -0.965. The predicted molar refractivity (Wildman–Crippen MR) is 71.2 cm³/mol. The van der Waals surface area contributed by atoms with E-state index in [1.165, 1.54) is 25.3 Å². The number of methoxy groups -OCH3 is 1. The largest absolute Gasteiger partial charge is 0.496 e. The lowest BCUT2D eigenvalue weighted by molar-refractivity contribution is -0.155. The number of aliphatic hydroxyl groups is 1. The van der Waals surface area contributed by atoms with Gasteiger partial charge in [0.05, 0.1) is 18.6 Å². The maximum Gasteiger partial charge on any atom is 0.336 e. The van der Waals surface area contributed by atoms with Gasteiger partial charge in [0.25, 0.3) is 0 Å². The van der Waals surface area contributed by atoms with Gasteiger partial charge in [-0.15, -0.1) is 0 Å². The lowest BCUT2D eigenvalue weighted by Crippen LogP contribution is -2.46. The topological polar surface area (TPSA) is 113 Å². The van der Waals surface area contributed by atoms with Crippen LogP contribution in [0.25, 0.3) is 0 Å². The molecule has 112 valence electrons. The lowest BCUT2D eigenvalue weighted by Gasteiger charge is -2.18. The third-order valence-corrected chi connectivity index (χ3v) is 4.14. The average Bonchev–Trinajstić information content (AvgIpc) is 2.36. The van der Waals surface area contributed by atoms with Gasteiger partial charge in [-0.3, -0.25) is 0 Å². The van der Waals surface area contributed by atoms with Gasteiger partial charge in [-0.05, 0) is 37.6 Å². The minimum absolute atomic E-state index is 0.0306. The Kier molecular flexibility index (Phi) is 4.74. The Hall–Kier alpha value is -1.64. The van der Waals surface area contributed by atoms with E-state index in [-0.39, 0.29) is 4.90 Å². The summed E-state index contributed by atoms with van der Waals surface area (Å²) in [6, 6.07) is 4.24. The number of aryl methyl sites for hydroxylation is 1. The van der Waals surface area contributed by atoms with E-state index < -0.39 is 28.1 Å². The van der Waals surface area contributed by atoms with Gasteiger partial charge in [-0.1, -0.05) is 0 Å². The molecule has 1 unspecified atom stereocenters. The second kappa shape index (κ2) is 5.78. The first-order chi connectivity index (χ1) is 9.10. The van der Waals surface area contributed by atoms with Crippen molar-refractivity contribution in [2.45, 2.75) is 24.3 Å². The third-order valence-electron chi connectivity index (χ3n) is 2.74. The van der Waals surface area contributed by atoms with Crippen LogP contribution in [0.2, 0.25) is 0 Å². The Morgan fingerprint density at radius 1 is 1.45 bits per heavy atom. The molecule has 1 aromatic carbocycles. The van der Waals surface area contributed by atoms with Crippen LogP contribution in [-0.4, -0.2) is 43.9 Å². The van der Waals surface area contributed by atoms with Crippen molar-refractivity contribution in [2.75, 3.05) is 13.7 Å². The molecule has 0 saturated heterocycles. The number of carboxylic acid groups (broad SMARTS) is 1. The van der Waals surface area contributed by atoms with E-state index in [1.807, 2.05) is 0 Å². The van der Waals surface area contributed by atoms with Crippen LogP contribution in [0.4, 0.5) is 0 Å². The number of carboxylic acids is 1. The molecule has 3 N–H and O–H groups in total. The fourth-order valence-electron chi connectivity index (χ4n) is 1.41. The highest BCUT2D eigenvalue weighted by Gasteiger charge is 2.31. The van der Waals surface area contributed by atoms with Crippen LogP contribution >= 0.6 is 0 Å². The molecular weight excluding hydrogens is 286 g/mol. The summed E-state index contributed by atoms with van der Waals surface area (Å²) in [5.41, 5.74) is -1.55. The maximum atomic E-state index is 12.0. The highest BCUT2D eigenvalue weighted by molar-refractivity contribution is 7.89. The Balaban J connectivity index is 2.95. The van der Waals surface area contributed by atoms with E-state index in [1.54, 1.807) is 6.92 Å². The molecule has 0 aromatic heterocycles. The molecule has 20 heavy (non-hydrogen) atoms. The molecule has 1 rings (SSSR count). The second-order valence-corrected chi connectivity index (χ2v) is 6.30. The fourth-order valence-corrected chi connectivity index (χ4v) is 2.63. The van der Waals surface area contributed by atoms with Crippen LogP contribution in [0.3, 0.4) is 0 Å². The van der Waals surface area contributed by atoms with Crippen LogP contribution < -0.4 is 9.46 Å². The van der Waals surface area contributed by atoms with Crippen LogP contribution in [0.15, 0.2) is 23.1 Å². The first-order valence-electron chi connectivity index (χ1n) is 5.70. The number of sulfonamides is 1. The first-order valence-corrected chi connectivity index (χ1v) is 7.18. The van der Waals surface area contributed by atoms with Gasteiger partial charge in [0, 0.05) is 0 Å². The Bertz CT molecular complexity index is 608. The smallest absolute Gasteiger partial charge is 0.336 e. The number of ether oxygens (including phenoxy) is 1. The summed E-state index contributed by atoms with van der Waals surface area (Å²) in [6.45, 7) is 2.07. The number of carbonyl (C=O) groups is 1. The van der Waals surface area contributed by atoms with Crippen molar-refractivity contribution in [2.24, 2.45) is 0 Å². The van der Waals surface area contributed by atoms with Crippen LogP contribution in [0.1, 0.15) is 12.5 Å². The molecule has 0 radical (unpaired) electrons. The Morgan fingerprint density at radius 2 is 2.05 bits per heavy atom. The van der Waals surface area contributed by atoms with Crippen molar-refractivity contribution in [1.82, 2.24) is 4.72 Å². The summed E-state index contributed by atoms with van der Waals surface area (Å²) in [4.78, 5) is 10.7. The minimum atomic E-state index is -3.90. The predicted octanol–water partition coefficient (Wildman–Crippen LogP) is 0.118. The van der Waals surface area contributed by atoms with Crippen molar-refractivity contribution in [3.63, 3.8) is 0 Å². The molecule has 0 aliphatic rings. The molecule has 1 aromatic rings.